The van der Waals surface area contributed by atoms with E-state index in [1.807, 2.05) is 45.0 Å². The molecule has 138 valence electrons. The van der Waals surface area contributed by atoms with Gasteiger partial charge in [0.2, 0.25) is 0 Å². The number of aromatic nitrogens is 2. The van der Waals surface area contributed by atoms with Crippen molar-refractivity contribution in [2.45, 2.75) is 44.1 Å². The van der Waals surface area contributed by atoms with Crippen molar-refractivity contribution in [3.05, 3.63) is 68.8 Å². The molecule has 0 saturated carbocycles. The van der Waals surface area contributed by atoms with E-state index >= 15 is 0 Å². The van der Waals surface area contributed by atoms with Crippen molar-refractivity contribution < 1.29 is 0 Å². The lowest BCUT2D eigenvalue weighted by Crippen LogP contribution is -2.23. The molecule has 3 rings (SSSR count). The predicted octanol–water partition coefficient (Wildman–Crippen LogP) is 4.80. The van der Waals surface area contributed by atoms with Crippen LogP contribution in [0.3, 0.4) is 0 Å². The molecule has 0 fully saturated rings. The van der Waals surface area contributed by atoms with Crippen LogP contribution in [0.4, 0.5) is 0 Å². The highest BCUT2D eigenvalue weighted by atomic mass is 32.2. The van der Waals surface area contributed by atoms with Crippen molar-refractivity contribution in [3.63, 3.8) is 0 Å². The van der Waals surface area contributed by atoms with E-state index in [0.29, 0.717) is 23.5 Å². The van der Waals surface area contributed by atoms with Gasteiger partial charge in [0.1, 0.15) is 10.1 Å². The second-order valence-corrected chi connectivity index (χ2v) is 8.86. The average Bonchev–Trinajstić information content (AvgIpc) is 2.93. The summed E-state index contributed by atoms with van der Waals surface area (Å²) in [6, 6.07) is 10.5. The van der Waals surface area contributed by atoms with Crippen molar-refractivity contribution in [2.75, 3.05) is 0 Å². The molecule has 0 unspecified atom stereocenters. The lowest BCUT2D eigenvalue weighted by atomic mass is 10.1. The minimum atomic E-state index is -0.324. The highest BCUT2D eigenvalue weighted by Crippen LogP contribution is 2.30. The molecule has 3 aromatic rings. The average molecular weight is 396 g/mol. The van der Waals surface area contributed by atoms with Crippen molar-refractivity contribution in [2.24, 2.45) is 0 Å². The highest BCUT2D eigenvalue weighted by molar-refractivity contribution is 8.00. The number of nitriles is 1. The van der Waals surface area contributed by atoms with Crippen LogP contribution in [0, 0.1) is 32.1 Å². The first-order chi connectivity index (χ1) is 12.9. The van der Waals surface area contributed by atoms with Crippen LogP contribution in [0.2, 0.25) is 0 Å². The molecule has 0 radical (unpaired) electrons. The smallest absolute Gasteiger partial charge is 0.263 e. The number of nitrogens with zero attached hydrogens (tertiary/aromatic N) is 3. The van der Waals surface area contributed by atoms with E-state index in [9.17, 15) is 10.1 Å². The Morgan fingerprint density at radius 3 is 2.67 bits per heavy atom. The van der Waals surface area contributed by atoms with Gasteiger partial charge in [-0.2, -0.15) is 5.26 Å². The van der Waals surface area contributed by atoms with Gasteiger partial charge in [-0.15, -0.1) is 17.9 Å². The zero-order valence-corrected chi connectivity index (χ0v) is 17.3. The van der Waals surface area contributed by atoms with Gasteiger partial charge in [0, 0.05) is 11.4 Å². The van der Waals surface area contributed by atoms with Gasteiger partial charge in [-0.25, -0.2) is 4.98 Å². The Morgan fingerprint density at radius 1 is 1.33 bits per heavy atom. The second-order valence-electron chi connectivity index (χ2n) is 6.49. The number of hydrogen-bond donors (Lipinski definition) is 0. The van der Waals surface area contributed by atoms with Crippen molar-refractivity contribution in [3.8, 4) is 6.07 Å². The van der Waals surface area contributed by atoms with Crippen LogP contribution in [0.1, 0.15) is 21.6 Å². The van der Waals surface area contributed by atoms with E-state index in [2.05, 4.69) is 12.6 Å². The summed E-state index contributed by atoms with van der Waals surface area (Å²) >= 11 is 2.88. The van der Waals surface area contributed by atoms with Crippen molar-refractivity contribution >= 4 is 33.3 Å². The molecule has 4 nitrogen and oxygen atoms in total. The highest BCUT2D eigenvalue weighted by Gasteiger charge is 2.19. The summed E-state index contributed by atoms with van der Waals surface area (Å²) in [6.45, 7) is 10.1. The summed E-state index contributed by atoms with van der Waals surface area (Å²) in [4.78, 5) is 19.6. The van der Waals surface area contributed by atoms with Gasteiger partial charge >= 0.3 is 0 Å². The fraction of sp³-hybridized carbons (Fsp3) is 0.286. The standard InChI is InChI=1S/C21H21N3OS2/c1-5-10-24-20(25)18-14(3)15(4)26-19(18)23-21(24)27-17(12-22)11-16-8-6-13(2)7-9-16/h5-9,17H,1,10-11H2,2-4H3/t17-/m1/s1. The lowest BCUT2D eigenvalue weighted by molar-refractivity contribution is 0.671. The Kier molecular flexibility index (Phi) is 5.83. The van der Waals surface area contributed by atoms with Gasteiger partial charge in [-0.1, -0.05) is 47.7 Å². The second kappa shape index (κ2) is 8.12. The molecule has 1 atom stereocenters. The molecule has 6 heteroatoms. The normalized spacial score (nSPS) is 12.1. The Morgan fingerprint density at radius 2 is 2.04 bits per heavy atom. The largest absolute Gasteiger partial charge is 0.283 e. The molecule has 0 N–H and O–H groups in total. The quantitative estimate of drug-likeness (QED) is 0.342. The monoisotopic (exact) mass is 395 g/mol. The zero-order chi connectivity index (χ0) is 19.6. The third-order valence-corrected chi connectivity index (χ3v) is 6.68. The van der Waals surface area contributed by atoms with Gasteiger partial charge in [0.25, 0.3) is 5.56 Å². The third-order valence-electron chi connectivity index (χ3n) is 4.50. The van der Waals surface area contributed by atoms with Crippen LogP contribution in [-0.2, 0) is 13.0 Å². The molecule has 2 heterocycles. The molecular formula is C21H21N3OS2. The van der Waals surface area contributed by atoms with E-state index in [4.69, 9.17) is 4.98 Å². The van der Waals surface area contributed by atoms with E-state index in [1.54, 1.807) is 10.6 Å². The number of benzene rings is 1. The van der Waals surface area contributed by atoms with Crippen LogP contribution in [0.25, 0.3) is 10.2 Å². The molecule has 0 aliphatic carbocycles. The lowest BCUT2D eigenvalue weighted by Gasteiger charge is -2.13. The van der Waals surface area contributed by atoms with Gasteiger partial charge in [0.05, 0.1) is 11.5 Å². The number of fused-ring (bicyclic) bond motifs is 1. The summed E-state index contributed by atoms with van der Waals surface area (Å²) in [7, 11) is 0. The van der Waals surface area contributed by atoms with Crippen molar-refractivity contribution in [1.29, 1.82) is 5.26 Å². The maximum atomic E-state index is 13.0. The van der Waals surface area contributed by atoms with E-state index in [0.717, 1.165) is 20.8 Å². The molecule has 2 aromatic heterocycles. The molecule has 1 aromatic carbocycles. The van der Waals surface area contributed by atoms with Crippen LogP contribution >= 0.6 is 23.1 Å². The van der Waals surface area contributed by atoms with Crippen molar-refractivity contribution in [1.82, 2.24) is 9.55 Å². The molecule has 0 amide bonds. The van der Waals surface area contributed by atoms with Gasteiger partial charge in [-0.05, 0) is 38.3 Å². The Bertz CT molecular complexity index is 1090. The van der Waals surface area contributed by atoms with Gasteiger partial charge in [-0.3, -0.25) is 9.36 Å². The predicted molar refractivity (Wildman–Crippen MR) is 114 cm³/mol. The van der Waals surface area contributed by atoms with Crippen LogP contribution < -0.4 is 5.56 Å². The topological polar surface area (TPSA) is 58.7 Å². The Hall–Kier alpha value is -2.36. The number of allylic oxidation sites excluding steroid dienone is 1. The fourth-order valence-corrected chi connectivity index (χ4v) is 4.96. The Labute approximate surface area is 167 Å². The first-order valence-corrected chi connectivity index (χ1v) is 10.4. The SMILES string of the molecule is C=CCn1c(S[C@@H](C#N)Cc2ccc(C)cc2)nc2sc(C)c(C)c2c1=O. The number of hydrogen-bond acceptors (Lipinski definition) is 5. The Balaban J connectivity index is 2.00. The van der Waals surface area contributed by atoms with Gasteiger partial charge < -0.3 is 0 Å². The van der Waals surface area contributed by atoms with Gasteiger partial charge in [0.15, 0.2) is 5.16 Å². The summed E-state index contributed by atoms with van der Waals surface area (Å²) in [6.07, 6.45) is 2.29. The molecular weight excluding hydrogens is 374 g/mol. The maximum Gasteiger partial charge on any atom is 0.263 e. The molecule has 0 spiro atoms. The molecule has 0 bridgehead atoms. The first-order valence-electron chi connectivity index (χ1n) is 8.67. The number of thiophene rings is 1. The summed E-state index contributed by atoms with van der Waals surface area (Å²) < 4.78 is 1.62. The number of thioether (sulfide) groups is 1. The van der Waals surface area contributed by atoms with Crippen LogP contribution in [0.15, 0.2) is 46.9 Å². The zero-order valence-electron chi connectivity index (χ0n) is 15.7. The molecule has 0 saturated heterocycles. The summed E-state index contributed by atoms with van der Waals surface area (Å²) in [5.41, 5.74) is 3.21. The third kappa shape index (κ3) is 4.00. The summed E-state index contributed by atoms with van der Waals surface area (Å²) in [5.74, 6) is 0. The van der Waals surface area contributed by atoms with E-state index in [1.165, 1.54) is 28.7 Å². The minimum absolute atomic E-state index is 0.0590. The number of aryl methyl sites for hydroxylation is 3. The number of rotatable bonds is 6. The van der Waals surface area contributed by atoms with Crippen LogP contribution in [-0.4, -0.2) is 14.8 Å². The molecule has 0 aliphatic rings. The van der Waals surface area contributed by atoms with E-state index < -0.39 is 0 Å². The van der Waals surface area contributed by atoms with E-state index in [-0.39, 0.29) is 10.8 Å². The first kappa shape index (κ1) is 19.4. The molecule has 0 aliphatic heterocycles. The fourth-order valence-electron chi connectivity index (χ4n) is 2.87. The maximum absolute atomic E-state index is 13.0. The minimum Gasteiger partial charge on any atom is -0.283 e. The van der Waals surface area contributed by atoms with Crippen LogP contribution in [0.5, 0.6) is 0 Å². The summed E-state index contributed by atoms with van der Waals surface area (Å²) in [5, 5.41) is 10.6. The molecule has 27 heavy (non-hydrogen) atoms.